The molecule has 1 aromatic rings. The second-order valence-corrected chi connectivity index (χ2v) is 4.99. The standard InChI is InChI=1S/C11H13F3N2O2S/c1-15(2)9(17)6-16(7-11(12,13)14)10(18)8-4-3-5-19-8/h3-5H,6-7H2,1-2H3. The number of alkyl halides is 3. The average Bonchev–Trinajstić information content (AvgIpc) is 2.78. The van der Waals surface area contributed by atoms with Crippen LogP contribution in [0, 0.1) is 0 Å². The van der Waals surface area contributed by atoms with Crippen LogP contribution in [-0.4, -0.2) is 55.0 Å². The third kappa shape index (κ3) is 4.90. The van der Waals surface area contributed by atoms with Crippen LogP contribution in [0.5, 0.6) is 0 Å². The van der Waals surface area contributed by atoms with Crippen LogP contribution in [0.25, 0.3) is 0 Å². The largest absolute Gasteiger partial charge is 0.406 e. The summed E-state index contributed by atoms with van der Waals surface area (Å²) in [7, 11) is 2.84. The zero-order chi connectivity index (χ0) is 14.6. The first-order chi connectivity index (χ1) is 8.70. The van der Waals surface area contributed by atoms with Gasteiger partial charge in [-0.3, -0.25) is 9.59 Å². The van der Waals surface area contributed by atoms with E-state index >= 15 is 0 Å². The number of carbonyl (C=O) groups is 2. The van der Waals surface area contributed by atoms with E-state index in [-0.39, 0.29) is 4.88 Å². The fourth-order valence-corrected chi connectivity index (χ4v) is 1.97. The highest BCUT2D eigenvalue weighted by molar-refractivity contribution is 7.12. The summed E-state index contributed by atoms with van der Waals surface area (Å²) in [6, 6.07) is 2.99. The molecule has 19 heavy (non-hydrogen) atoms. The Morgan fingerprint density at radius 3 is 2.37 bits per heavy atom. The molecule has 8 heteroatoms. The van der Waals surface area contributed by atoms with Gasteiger partial charge >= 0.3 is 6.18 Å². The summed E-state index contributed by atoms with van der Waals surface area (Å²) < 4.78 is 37.3. The number of hydrogen-bond donors (Lipinski definition) is 0. The molecule has 0 N–H and O–H groups in total. The number of carbonyl (C=O) groups excluding carboxylic acids is 2. The minimum atomic E-state index is -4.54. The Labute approximate surface area is 112 Å². The molecule has 0 aliphatic rings. The Morgan fingerprint density at radius 2 is 1.95 bits per heavy atom. The van der Waals surface area contributed by atoms with E-state index in [4.69, 9.17) is 0 Å². The van der Waals surface area contributed by atoms with Gasteiger partial charge in [-0.1, -0.05) is 6.07 Å². The van der Waals surface area contributed by atoms with E-state index in [2.05, 4.69) is 0 Å². The summed E-state index contributed by atoms with van der Waals surface area (Å²) in [4.78, 5) is 25.2. The molecule has 0 spiro atoms. The number of amides is 2. The first-order valence-electron chi connectivity index (χ1n) is 5.30. The van der Waals surface area contributed by atoms with Crippen molar-refractivity contribution in [1.29, 1.82) is 0 Å². The normalized spacial score (nSPS) is 11.2. The van der Waals surface area contributed by atoms with Gasteiger partial charge in [0.05, 0.1) is 4.88 Å². The van der Waals surface area contributed by atoms with Gasteiger partial charge in [-0.05, 0) is 11.4 Å². The lowest BCUT2D eigenvalue weighted by Crippen LogP contribution is -2.44. The van der Waals surface area contributed by atoms with Crippen LogP contribution >= 0.6 is 11.3 Å². The van der Waals surface area contributed by atoms with Crippen LogP contribution in [0.2, 0.25) is 0 Å². The third-order valence-corrected chi connectivity index (χ3v) is 3.07. The molecule has 0 bridgehead atoms. The van der Waals surface area contributed by atoms with Crippen molar-refractivity contribution < 1.29 is 22.8 Å². The average molecular weight is 294 g/mol. The Hall–Kier alpha value is -1.57. The summed E-state index contributed by atoms with van der Waals surface area (Å²) in [5.41, 5.74) is 0. The van der Waals surface area contributed by atoms with Gasteiger partial charge in [0.2, 0.25) is 5.91 Å². The van der Waals surface area contributed by atoms with E-state index in [9.17, 15) is 22.8 Å². The molecule has 0 aromatic carbocycles. The zero-order valence-electron chi connectivity index (χ0n) is 10.4. The fourth-order valence-electron chi connectivity index (χ4n) is 1.28. The van der Waals surface area contributed by atoms with Crippen LogP contribution in [0.1, 0.15) is 9.67 Å². The summed E-state index contributed by atoms with van der Waals surface area (Å²) in [6.07, 6.45) is -4.54. The smallest absolute Gasteiger partial charge is 0.347 e. The van der Waals surface area contributed by atoms with Gasteiger partial charge in [-0.15, -0.1) is 11.3 Å². The van der Waals surface area contributed by atoms with E-state index in [1.165, 1.54) is 20.2 Å². The molecule has 0 aliphatic carbocycles. The van der Waals surface area contributed by atoms with Gasteiger partial charge in [0.15, 0.2) is 0 Å². The highest BCUT2D eigenvalue weighted by atomic mass is 32.1. The molecule has 0 atom stereocenters. The highest BCUT2D eigenvalue weighted by Crippen LogP contribution is 2.19. The second-order valence-electron chi connectivity index (χ2n) is 4.04. The minimum Gasteiger partial charge on any atom is -0.347 e. The molecule has 1 rings (SSSR count). The summed E-state index contributed by atoms with van der Waals surface area (Å²) in [5, 5.41) is 1.59. The maximum atomic E-state index is 12.4. The van der Waals surface area contributed by atoms with Crippen molar-refractivity contribution in [1.82, 2.24) is 9.80 Å². The van der Waals surface area contributed by atoms with Crippen molar-refractivity contribution in [2.45, 2.75) is 6.18 Å². The monoisotopic (exact) mass is 294 g/mol. The molecule has 1 heterocycles. The van der Waals surface area contributed by atoms with Gasteiger partial charge < -0.3 is 9.80 Å². The molecule has 0 radical (unpaired) electrons. The molecule has 0 unspecified atom stereocenters. The van der Waals surface area contributed by atoms with Crippen LogP contribution in [0.4, 0.5) is 13.2 Å². The molecule has 2 amide bonds. The lowest BCUT2D eigenvalue weighted by Gasteiger charge is -2.24. The van der Waals surface area contributed by atoms with E-state index in [1.54, 1.807) is 11.4 Å². The van der Waals surface area contributed by atoms with Crippen molar-refractivity contribution in [2.75, 3.05) is 27.2 Å². The summed E-state index contributed by atoms with van der Waals surface area (Å²) in [5.74, 6) is -1.35. The van der Waals surface area contributed by atoms with Gasteiger partial charge in [0.25, 0.3) is 5.91 Å². The lowest BCUT2D eigenvalue weighted by atomic mass is 10.3. The molecule has 0 saturated heterocycles. The Kier molecular flexibility index (Phi) is 4.93. The minimum absolute atomic E-state index is 0.177. The summed E-state index contributed by atoms with van der Waals surface area (Å²) in [6.45, 7) is -2.04. The molecule has 106 valence electrons. The number of likely N-dealkylation sites (N-methyl/N-ethyl adjacent to an activating group) is 1. The van der Waals surface area contributed by atoms with Gasteiger partial charge in [0.1, 0.15) is 13.1 Å². The fraction of sp³-hybridized carbons (Fsp3) is 0.455. The second kappa shape index (κ2) is 6.05. The maximum Gasteiger partial charge on any atom is 0.406 e. The Bertz CT molecular complexity index is 443. The van der Waals surface area contributed by atoms with Crippen LogP contribution in [0.3, 0.4) is 0 Å². The van der Waals surface area contributed by atoms with E-state index in [0.717, 1.165) is 16.2 Å². The highest BCUT2D eigenvalue weighted by Gasteiger charge is 2.34. The molecule has 0 aliphatic heterocycles. The van der Waals surface area contributed by atoms with E-state index < -0.39 is 31.1 Å². The van der Waals surface area contributed by atoms with Crippen LogP contribution in [0.15, 0.2) is 17.5 Å². The molecular formula is C11H13F3N2O2S. The summed E-state index contributed by atoms with van der Waals surface area (Å²) >= 11 is 1.04. The van der Waals surface area contributed by atoms with Crippen LogP contribution < -0.4 is 0 Å². The Balaban J connectivity index is 2.86. The molecule has 4 nitrogen and oxygen atoms in total. The van der Waals surface area contributed by atoms with Crippen molar-refractivity contribution in [3.05, 3.63) is 22.4 Å². The molecule has 1 aromatic heterocycles. The first kappa shape index (κ1) is 15.5. The predicted molar refractivity (Wildman–Crippen MR) is 65.0 cm³/mol. The van der Waals surface area contributed by atoms with Gasteiger partial charge in [0, 0.05) is 14.1 Å². The third-order valence-electron chi connectivity index (χ3n) is 2.21. The first-order valence-corrected chi connectivity index (χ1v) is 6.18. The number of nitrogens with zero attached hydrogens (tertiary/aromatic N) is 2. The zero-order valence-corrected chi connectivity index (χ0v) is 11.2. The predicted octanol–water partition coefficient (Wildman–Crippen LogP) is 1.84. The topological polar surface area (TPSA) is 40.6 Å². The number of thiophene rings is 1. The molecule has 0 fully saturated rings. The van der Waals surface area contributed by atoms with Crippen molar-refractivity contribution in [3.63, 3.8) is 0 Å². The maximum absolute atomic E-state index is 12.4. The van der Waals surface area contributed by atoms with Crippen LogP contribution in [-0.2, 0) is 4.79 Å². The van der Waals surface area contributed by atoms with Crippen molar-refractivity contribution in [3.8, 4) is 0 Å². The lowest BCUT2D eigenvalue weighted by molar-refractivity contribution is -0.146. The van der Waals surface area contributed by atoms with E-state index in [1.807, 2.05) is 0 Å². The number of halogens is 3. The quantitative estimate of drug-likeness (QED) is 0.850. The SMILES string of the molecule is CN(C)C(=O)CN(CC(F)(F)F)C(=O)c1cccs1. The van der Waals surface area contributed by atoms with Gasteiger partial charge in [-0.2, -0.15) is 13.2 Å². The Morgan fingerprint density at radius 1 is 1.32 bits per heavy atom. The van der Waals surface area contributed by atoms with Crippen molar-refractivity contribution in [2.24, 2.45) is 0 Å². The number of hydrogen-bond acceptors (Lipinski definition) is 3. The van der Waals surface area contributed by atoms with E-state index in [0.29, 0.717) is 4.90 Å². The van der Waals surface area contributed by atoms with Crippen molar-refractivity contribution >= 4 is 23.2 Å². The molecular weight excluding hydrogens is 281 g/mol. The number of rotatable bonds is 4. The van der Waals surface area contributed by atoms with Gasteiger partial charge in [-0.25, -0.2) is 0 Å². The molecule has 0 saturated carbocycles.